The molecule has 0 aliphatic rings. The van der Waals surface area contributed by atoms with Crippen molar-refractivity contribution >= 4 is 12.2 Å². The van der Waals surface area contributed by atoms with E-state index in [0.717, 1.165) is 0 Å². The van der Waals surface area contributed by atoms with E-state index in [0.29, 0.717) is 172 Å². The van der Waals surface area contributed by atoms with Crippen LogP contribution in [0.2, 0.25) is 0 Å². The summed E-state index contributed by atoms with van der Waals surface area (Å²) in [6.45, 7) is 23.0. The minimum absolute atomic E-state index is 0.369. The predicted octanol–water partition coefficient (Wildman–Crippen LogP) is 2.58. The van der Waals surface area contributed by atoms with Gasteiger partial charge in [0.05, 0.1) is 159 Å². The maximum absolute atomic E-state index is 11.9. The topological polar surface area (TPSA) is 179 Å². The zero-order valence-corrected chi connectivity index (χ0v) is 34.9. The second-order valence-corrected chi connectivity index (χ2v) is 13.7. The van der Waals surface area contributed by atoms with Crippen LogP contribution in [0, 0.1) is 0 Å². The van der Waals surface area contributed by atoms with Crippen molar-refractivity contribution in [2.45, 2.75) is 52.7 Å². The minimum atomic E-state index is -0.517. The van der Waals surface area contributed by atoms with E-state index in [1.807, 2.05) is 41.5 Å². The fourth-order valence-electron chi connectivity index (χ4n) is 3.69. The molecule has 0 saturated carbocycles. The average molecular weight is 803 g/mol. The van der Waals surface area contributed by atoms with Crippen molar-refractivity contribution in [3.8, 4) is 0 Å². The van der Waals surface area contributed by atoms with Crippen LogP contribution in [-0.2, 0) is 66.3 Å². The predicted molar refractivity (Wildman–Crippen MR) is 203 cm³/mol. The van der Waals surface area contributed by atoms with Gasteiger partial charge in [0.2, 0.25) is 0 Å². The van der Waals surface area contributed by atoms with E-state index in [9.17, 15) is 9.59 Å². The molecule has 18 heteroatoms. The molecule has 0 aromatic rings. The molecular formula is C37H74N2O16. The molecule has 0 atom stereocenters. The van der Waals surface area contributed by atoms with Crippen molar-refractivity contribution in [1.29, 1.82) is 0 Å². The zero-order chi connectivity index (χ0) is 40.7. The second-order valence-electron chi connectivity index (χ2n) is 13.7. The molecule has 0 bridgehead atoms. The first-order valence-corrected chi connectivity index (χ1v) is 19.2. The van der Waals surface area contributed by atoms with Gasteiger partial charge in [0.1, 0.15) is 11.2 Å². The third-order valence-corrected chi connectivity index (χ3v) is 6.28. The Morgan fingerprint density at radius 2 is 0.618 bits per heavy atom. The van der Waals surface area contributed by atoms with Crippen LogP contribution >= 0.6 is 0 Å². The minimum Gasteiger partial charge on any atom is -0.444 e. The Morgan fingerprint density at radius 1 is 0.382 bits per heavy atom. The lowest BCUT2D eigenvalue weighted by molar-refractivity contribution is -0.0285. The number of amides is 2. The van der Waals surface area contributed by atoms with E-state index in [-0.39, 0.29) is 6.09 Å². The third kappa shape index (κ3) is 44.6. The summed E-state index contributed by atoms with van der Waals surface area (Å²) in [4.78, 5) is 24.9. The molecule has 0 aromatic carbocycles. The zero-order valence-electron chi connectivity index (χ0n) is 34.9. The molecular weight excluding hydrogens is 728 g/mol. The highest BCUT2D eigenvalue weighted by Gasteiger charge is 2.19. The van der Waals surface area contributed by atoms with Crippen molar-refractivity contribution in [3.05, 3.63) is 0 Å². The number of alkyl carbamates (subject to hydrolysis) is 1. The summed E-state index contributed by atoms with van der Waals surface area (Å²) in [5, 5.41) is 2.63. The SMILES string of the molecule is CN(CCOCCOCCOCCOCCOCCOCCOCCOCCOCCOCCOCCOCCNC(=O)OC(C)(C)C)C(=O)OC(C)(C)C. The van der Waals surface area contributed by atoms with E-state index in [2.05, 4.69) is 5.32 Å². The normalized spacial score (nSPS) is 11.9. The highest BCUT2D eigenvalue weighted by atomic mass is 16.6. The standard InChI is InChI=1S/C37H74N2O16/c1-36(2,3)54-34(40)38-8-10-42-12-14-44-16-18-46-20-22-48-24-26-50-28-30-52-32-33-53-31-29-51-27-25-49-23-21-47-19-17-45-15-13-43-11-9-39(7)35(41)55-37(4,5)6/h8-33H2,1-7H3,(H,38,40). The summed E-state index contributed by atoms with van der Waals surface area (Å²) >= 11 is 0. The highest BCUT2D eigenvalue weighted by molar-refractivity contribution is 5.68. The van der Waals surface area contributed by atoms with Crippen molar-refractivity contribution in [1.82, 2.24) is 10.2 Å². The molecule has 0 heterocycles. The van der Waals surface area contributed by atoms with Gasteiger partial charge in [0.25, 0.3) is 0 Å². The Labute approximate surface area is 329 Å². The number of carbonyl (C=O) groups is 2. The van der Waals surface area contributed by atoms with Gasteiger partial charge in [-0.05, 0) is 41.5 Å². The molecule has 18 nitrogen and oxygen atoms in total. The molecule has 328 valence electrons. The van der Waals surface area contributed by atoms with Crippen LogP contribution in [0.4, 0.5) is 9.59 Å². The van der Waals surface area contributed by atoms with Gasteiger partial charge < -0.3 is 76.5 Å². The first kappa shape index (κ1) is 53.1. The van der Waals surface area contributed by atoms with E-state index < -0.39 is 17.3 Å². The van der Waals surface area contributed by atoms with Gasteiger partial charge in [0, 0.05) is 20.1 Å². The van der Waals surface area contributed by atoms with Crippen molar-refractivity contribution in [2.75, 3.05) is 179 Å². The van der Waals surface area contributed by atoms with Crippen molar-refractivity contribution in [3.63, 3.8) is 0 Å². The number of carbonyl (C=O) groups excluding carboxylic acids is 2. The summed E-state index contributed by atoms with van der Waals surface area (Å²) < 4.78 is 76.1. The smallest absolute Gasteiger partial charge is 0.410 e. The van der Waals surface area contributed by atoms with Gasteiger partial charge >= 0.3 is 12.2 Å². The number of ether oxygens (including phenoxy) is 14. The Hall–Kier alpha value is -1.94. The van der Waals surface area contributed by atoms with Gasteiger partial charge in [0.15, 0.2) is 0 Å². The maximum atomic E-state index is 11.9. The molecule has 55 heavy (non-hydrogen) atoms. The van der Waals surface area contributed by atoms with Gasteiger partial charge in [-0.1, -0.05) is 0 Å². The van der Waals surface area contributed by atoms with E-state index in [1.165, 1.54) is 4.90 Å². The van der Waals surface area contributed by atoms with Gasteiger partial charge in [-0.2, -0.15) is 0 Å². The van der Waals surface area contributed by atoms with E-state index in [4.69, 9.17) is 66.3 Å². The Bertz CT molecular complexity index is 860. The number of nitrogens with zero attached hydrogens (tertiary/aromatic N) is 1. The highest BCUT2D eigenvalue weighted by Crippen LogP contribution is 2.09. The molecule has 1 N–H and O–H groups in total. The van der Waals surface area contributed by atoms with Crippen molar-refractivity contribution < 1.29 is 75.9 Å². The second kappa shape index (κ2) is 37.6. The van der Waals surface area contributed by atoms with Crippen molar-refractivity contribution in [2.24, 2.45) is 0 Å². The largest absolute Gasteiger partial charge is 0.444 e. The molecule has 0 aromatic heterocycles. The molecule has 0 aliphatic carbocycles. The number of hydrogen-bond acceptors (Lipinski definition) is 16. The van der Waals surface area contributed by atoms with Gasteiger partial charge in [-0.25, -0.2) is 9.59 Å². The van der Waals surface area contributed by atoms with Crippen LogP contribution < -0.4 is 5.32 Å². The maximum Gasteiger partial charge on any atom is 0.410 e. The van der Waals surface area contributed by atoms with Gasteiger partial charge in [-0.3, -0.25) is 0 Å². The lowest BCUT2D eigenvalue weighted by Gasteiger charge is -2.24. The lowest BCUT2D eigenvalue weighted by atomic mass is 10.2. The van der Waals surface area contributed by atoms with E-state index in [1.54, 1.807) is 7.05 Å². The lowest BCUT2D eigenvalue weighted by Crippen LogP contribution is -2.36. The summed E-state index contributed by atoms with van der Waals surface area (Å²) in [5.74, 6) is 0. The summed E-state index contributed by atoms with van der Waals surface area (Å²) in [7, 11) is 1.68. The Kier molecular flexibility index (Phi) is 36.3. The Morgan fingerprint density at radius 3 is 0.873 bits per heavy atom. The van der Waals surface area contributed by atoms with Crippen LogP contribution in [0.15, 0.2) is 0 Å². The van der Waals surface area contributed by atoms with Gasteiger partial charge in [-0.15, -0.1) is 0 Å². The molecule has 0 aliphatic heterocycles. The fourth-order valence-corrected chi connectivity index (χ4v) is 3.69. The molecule has 0 radical (unpaired) electrons. The summed E-state index contributed by atoms with van der Waals surface area (Å²) in [6, 6.07) is 0. The number of rotatable bonds is 39. The first-order chi connectivity index (χ1) is 26.4. The fraction of sp³-hybridized carbons (Fsp3) is 0.946. The first-order valence-electron chi connectivity index (χ1n) is 19.2. The van der Waals surface area contributed by atoms with Crippen LogP contribution in [0.5, 0.6) is 0 Å². The van der Waals surface area contributed by atoms with Crippen LogP contribution in [0.3, 0.4) is 0 Å². The molecule has 0 saturated heterocycles. The van der Waals surface area contributed by atoms with Crippen LogP contribution in [0.1, 0.15) is 41.5 Å². The number of hydrogen-bond donors (Lipinski definition) is 1. The summed E-state index contributed by atoms with van der Waals surface area (Å²) in [6.07, 6.45) is -0.825. The quantitative estimate of drug-likeness (QED) is 0.0896. The molecule has 2 amide bonds. The molecule has 0 rings (SSSR count). The third-order valence-electron chi connectivity index (χ3n) is 6.28. The Balaban J connectivity index is 3.16. The van der Waals surface area contributed by atoms with Crippen LogP contribution in [-0.4, -0.2) is 207 Å². The summed E-state index contributed by atoms with van der Waals surface area (Å²) in [5.41, 5.74) is -1.03. The molecule has 0 spiro atoms. The molecule has 0 unspecified atom stereocenters. The number of nitrogens with one attached hydrogen (secondary N) is 1. The van der Waals surface area contributed by atoms with E-state index >= 15 is 0 Å². The molecule has 0 fully saturated rings. The number of likely N-dealkylation sites (N-methyl/N-ethyl adjacent to an activating group) is 1. The monoisotopic (exact) mass is 803 g/mol. The average Bonchev–Trinajstić information content (AvgIpc) is 3.11. The van der Waals surface area contributed by atoms with Crippen LogP contribution in [0.25, 0.3) is 0 Å².